The van der Waals surface area contributed by atoms with Crippen molar-refractivity contribution in [2.75, 3.05) is 4.72 Å². The first-order valence-corrected chi connectivity index (χ1v) is 11.2. The van der Waals surface area contributed by atoms with Crippen LogP contribution in [0.5, 0.6) is 0 Å². The van der Waals surface area contributed by atoms with E-state index in [9.17, 15) is 13.7 Å². The normalized spacial score (nSPS) is 16.1. The van der Waals surface area contributed by atoms with Crippen LogP contribution in [-0.2, 0) is 35.7 Å². The molecule has 0 bridgehead atoms. The number of fused-ring (bicyclic) bond motifs is 3. The summed E-state index contributed by atoms with van der Waals surface area (Å²) >= 11 is 0. The first-order chi connectivity index (χ1) is 13.0. The van der Waals surface area contributed by atoms with Crippen molar-refractivity contribution in [1.29, 1.82) is 5.26 Å². The molecule has 0 unspecified atom stereocenters. The number of nitrogens with zero attached hydrogens (tertiary/aromatic N) is 1. The number of anilines is 1. The summed E-state index contributed by atoms with van der Waals surface area (Å²) in [4.78, 5) is 0.235. The Kier molecular flexibility index (Phi) is 4.69. The summed E-state index contributed by atoms with van der Waals surface area (Å²) in [6.07, 6.45) is 8.09. The summed E-state index contributed by atoms with van der Waals surface area (Å²) in [6, 6.07) is 9.16. The summed E-state index contributed by atoms with van der Waals surface area (Å²) in [5, 5.41) is 9.89. The van der Waals surface area contributed by atoms with Gasteiger partial charge in [0.25, 0.3) is 10.0 Å². The van der Waals surface area contributed by atoms with Gasteiger partial charge in [-0.1, -0.05) is 17.7 Å². The van der Waals surface area contributed by atoms with Crippen molar-refractivity contribution in [2.45, 2.75) is 63.2 Å². The maximum atomic E-state index is 13.0. The molecule has 2 aliphatic carbocycles. The second-order valence-corrected chi connectivity index (χ2v) is 9.29. The van der Waals surface area contributed by atoms with Crippen molar-refractivity contribution in [2.24, 2.45) is 0 Å². The Labute approximate surface area is 161 Å². The van der Waals surface area contributed by atoms with Crippen LogP contribution < -0.4 is 4.72 Å². The van der Waals surface area contributed by atoms with Gasteiger partial charge >= 0.3 is 0 Å². The fourth-order valence-corrected chi connectivity index (χ4v) is 5.58. The SMILES string of the molecule is Cc1ccc(S(=O)(=O)Nc2c(C#N)c3c(c4c2CCCC4)CCCC3)cc1. The molecule has 4 nitrogen and oxygen atoms in total. The highest BCUT2D eigenvalue weighted by molar-refractivity contribution is 7.92. The highest BCUT2D eigenvalue weighted by Gasteiger charge is 2.29. The molecule has 0 aromatic heterocycles. The van der Waals surface area contributed by atoms with E-state index >= 15 is 0 Å². The second kappa shape index (κ2) is 7.01. The average molecular weight is 381 g/mol. The number of aryl methyl sites for hydroxylation is 1. The molecule has 0 atom stereocenters. The number of rotatable bonds is 3. The van der Waals surface area contributed by atoms with Crippen LogP contribution in [0.1, 0.15) is 59.1 Å². The topological polar surface area (TPSA) is 70.0 Å². The zero-order valence-electron chi connectivity index (χ0n) is 15.6. The molecule has 0 aliphatic heterocycles. The number of nitrogens with one attached hydrogen (secondary N) is 1. The van der Waals surface area contributed by atoms with Crippen LogP contribution in [0.15, 0.2) is 29.2 Å². The second-order valence-electron chi connectivity index (χ2n) is 7.61. The molecule has 2 aromatic carbocycles. The summed E-state index contributed by atoms with van der Waals surface area (Å²) < 4.78 is 28.8. The van der Waals surface area contributed by atoms with Crippen LogP contribution in [0.2, 0.25) is 0 Å². The lowest BCUT2D eigenvalue weighted by Gasteiger charge is -2.29. The third-order valence-corrected chi connectivity index (χ3v) is 7.20. The lowest BCUT2D eigenvalue weighted by atomic mass is 9.77. The predicted molar refractivity (Wildman–Crippen MR) is 106 cm³/mol. The Morgan fingerprint density at radius 3 is 1.96 bits per heavy atom. The molecule has 5 heteroatoms. The van der Waals surface area contributed by atoms with E-state index in [-0.39, 0.29) is 4.90 Å². The lowest BCUT2D eigenvalue weighted by molar-refractivity contribution is 0.600. The van der Waals surface area contributed by atoms with Crippen molar-refractivity contribution >= 4 is 15.7 Å². The molecule has 27 heavy (non-hydrogen) atoms. The van der Waals surface area contributed by atoms with E-state index in [0.717, 1.165) is 68.1 Å². The standard InChI is InChI=1S/C22H24N2O2S/c1-15-10-12-16(13-11-15)27(25,26)24-22-20-9-5-4-7-18(20)17-6-2-3-8-19(17)21(22)14-23/h10-13,24H,2-9H2,1H3. The highest BCUT2D eigenvalue weighted by Crippen LogP contribution is 2.40. The molecule has 2 aromatic rings. The molecule has 0 heterocycles. The Hall–Kier alpha value is -2.32. The minimum Gasteiger partial charge on any atom is -0.278 e. The Balaban J connectivity index is 1.87. The Morgan fingerprint density at radius 2 is 1.37 bits per heavy atom. The van der Waals surface area contributed by atoms with E-state index in [1.165, 1.54) is 11.1 Å². The third-order valence-electron chi connectivity index (χ3n) is 5.83. The van der Waals surface area contributed by atoms with Gasteiger partial charge in [0.05, 0.1) is 16.1 Å². The lowest BCUT2D eigenvalue weighted by Crippen LogP contribution is -2.21. The van der Waals surface area contributed by atoms with Crippen molar-refractivity contribution in [1.82, 2.24) is 0 Å². The van der Waals surface area contributed by atoms with E-state index < -0.39 is 10.0 Å². The molecule has 140 valence electrons. The van der Waals surface area contributed by atoms with Gasteiger partial charge in [-0.2, -0.15) is 5.26 Å². The highest BCUT2D eigenvalue weighted by atomic mass is 32.2. The fourth-order valence-electron chi connectivity index (χ4n) is 4.48. The summed E-state index contributed by atoms with van der Waals surface area (Å²) in [5.41, 5.74) is 6.84. The Morgan fingerprint density at radius 1 is 0.852 bits per heavy atom. The van der Waals surface area contributed by atoms with Gasteiger partial charge in [0.1, 0.15) is 6.07 Å². The van der Waals surface area contributed by atoms with Gasteiger partial charge in [-0.25, -0.2) is 8.42 Å². The average Bonchev–Trinajstić information content (AvgIpc) is 2.68. The number of sulfonamides is 1. The van der Waals surface area contributed by atoms with E-state index in [1.54, 1.807) is 24.3 Å². The van der Waals surface area contributed by atoms with Gasteiger partial charge in [0, 0.05) is 0 Å². The molecule has 4 rings (SSSR count). The quantitative estimate of drug-likeness (QED) is 0.856. The minimum absolute atomic E-state index is 0.235. The van der Waals surface area contributed by atoms with Crippen LogP contribution in [0.3, 0.4) is 0 Å². The van der Waals surface area contributed by atoms with Crippen LogP contribution in [0.25, 0.3) is 0 Å². The molecule has 0 amide bonds. The molecular weight excluding hydrogens is 356 g/mol. The van der Waals surface area contributed by atoms with Gasteiger partial charge in [0.2, 0.25) is 0 Å². The molecule has 0 spiro atoms. The first kappa shape index (κ1) is 18.1. The predicted octanol–water partition coefficient (Wildman–Crippen LogP) is 4.43. The maximum absolute atomic E-state index is 13.0. The number of nitriles is 1. The van der Waals surface area contributed by atoms with Crippen molar-refractivity contribution in [3.05, 3.63) is 57.6 Å². The van der Waals surface area contributed by atoms with E-state index in [1.807, 2.05) is 6.92 Å². The Bertz CT molecular complexity index is 1030. The van der Waals surface area contributed by atoms with Crippen molar-refractivity contribution < 1.29 is 8.42 Å². The van der Waals surface area contributed by atoms with Crippen molar-refractivity contribution in [3.63, 3.8) is 0 Å². The van der Waals surface area contributed by atoms with Crippen LogP contribution in [0, 0.1) is 18.3 Å². The molecule has 2 aliphatic rings. The third kappa shape index (κ3) is 3.23. The van der Waals surface area contributed by atoms with Crippen molar-refractivity contribution in [3.8, 4) is 6.07 Å². The molecule has 0 saturated heterocycles. The maximum Gasteiger partial charge on any atom is 0.261 e. The van der Waals surface area contributed by atoms with Gasteiger partial charge in [0.15, 0.2) is 0 Å². The van der Waals surface area contributed by atoms with Gasteiger partial charge < -0.3 is 0 Å². The fraction of sp³-hybridized carbons (Fsp3) is 0.409. The summed E-state index contributed by atoms with van der Waals surface area (Å²) in [7, 11) is -3.72. The van der Waals surface area contributed by atoms with Gasteiger partial charge in [-0.15, -0.1) is 0 Å². The monoisotopic (exact) mass is 380 g/mol. The van der Waals surface area contributed by atoms with E-state index in [0.29, 0.717) is 11.3 Å². The smallest absolute Gasteiger partial charge is 0.261 e. The largest absolute Gasteiger partial charge is 0.278 e. The first-order valence-electron chi connectivity index (χ1n) is 9.70. The molecular formula is C22H24N2O2S. The van der Waals surface area contributed by atoms with Gasteiger partial charge in [-0.3, -0.25) is 4.72 Å². The number of hydrogen-bond acceptors (Lipinski definition) is 3. The summed E-state index contributed by atoms with van der Waals surface area (Å²) in [5.74, 6) is 0. The van der Waals surface area contributed by atoms with Crippen LogP contribution in [0.4, 0.5) is 5.69 Å². The summed E-state index contributed by atoms with van der Waals surface area (Å²) in [6.45, 7) is 1.93. The number of hydrogen-bond donors (Lipinski definition) is 1. The minimum atomic E-state index is -3.72. The van der Waals surface area contributed by atoms with E-state index in [4.69, 9.17) is 0 Å². The van der Waals surface area contributed by atoms with Crippen LogP contribution >= 0.6 is 0 Å². The zero-order valence-corrected chi connectivity index (χ0v) is 16.5. The zero-order chi connectivity index (χ0) is 19.0. The molecule has 1 N–H and O–H groups in total. The molecule has 0 radical (unpaired) electrons. The van der Waals surface area contributed by atoms with Crippen LogP contribution in [-0.4, -0.2) is 8.42 Å². The van der Waals surface area contributed by atoms with E-state index in [2.05, 4.69) is 10.8 Å². The van der Waals surface area contributed by atoms with Gasteiger partial charge in [-0.05, 0) is 92.7 Å². The molecule has 0 saturated carbocycles. The number of benzene rings is 2. The molecule has 0 fully saturated rings.